The Hall–Kier alpha value is -4.02. The van der Waals surface area contributed by atoms with Crippen LogP contribution in [0, 0.1) is 5.82 Å². The molecule has 0 amide bonds. The fourth-order valence-corrected chi connectivity index (χ4v) is 5.32. The Kier molecular flexibility index (Phi) is 5.62. The lowest BCUT2D eigenvalue weighted by Gasteiger charge is -2.13. The number of hydrogen-bond donors (Lipinski definition) is 1. The molecule has 35 heavy (non-hydrogen) atoms. The van der Waals surface area contributed by atoms with Crippen molar-refractivity contribution in [2.45, 2.75) is 10.6 Å². The fraction of sp³-hybridized carbons (Fsp3) is 0.0417. The second-order valence-corrected chi connectivity index (χ2v) is 10.1. The topological polar surface area (TPSA) is 115 Å². The Morgan fingerprint density at radius 3 is 2.60 bits per heavy atom. The number of fused-ring (bicyclic) bond motifs is 1. The molecule has 3 heterocycles. The normalized spacial score (nSPS) is 11.7. The molecule has 8 nitrogen and oxygen atoms in total. The van der Waals surface area contributed by atoms with E-state index in [0.29, 0.717) is 16.5 Å². The van der Waals surface area contributed by atoms with Crippen LogP contribution in [0.1, 0.15) is 5.69 Å². The number of nitrogens with zero attached hydrogens (tertiary/aromatic N) is 2. The molecular formula is C24H15ClFN3O5S. The Morgan fingerprint density at radius 2 is 1.86 bits per heavy atom. The summed E-state index contributed by atoms with van der Waals surface area (Å²) in [6, 6.07) is 15.2. The van der Waals surface area contributed by atoms with Crippen molar-refractivity contribution in [3.8, 4) is 16.9 Å². The Bertz CT molecular complexity index is 1810. The Balaban J connectivity index is 1.63. The summed E-state index contributed by atoms with van der Waals surface area (Å²) in [6.45, 7) is 0. The summed E-state index contributed by atoms with van der Waals surface area (Å²) in [6.07, 6.45) is 1.28. The molecule has 1 N–H and O–H groups in total. The van der Waals surface area contributed by atoms with Crippen molar-refractivity contribution in [3.05, 3.63) is 110 Å². The molecule has 0 saturated carbocycles. The fourth-order valence-electron chi connectivity index (χ4n) is 3.77. The summed E-state index contributed by atoms with van der Waals surface area (Å²) in [5.41, 5.74) is -0.0846. The highest BCUT2D eigenvalue weighted by molar-refractivity contribution is 7.90. The molecule has 0 fully saturated rings. The van der Waals surface area contributed by atoms with Gasteiger partial charge in [-0.15, -0.1) is 0 Å². The first kappa shape index (κ1) is 22.8. The number of halogens is 2. The van der Waals surface area contributed by atoms with Gasteiger partial charge in [0.2, 0.25) is 0 Å². The van der Waals surface area contributed by atoms with E-state index >= 15 is 0 Å². The first-order valence-corrected chi connectivity index (χ1v) is 12.2. The molecule has 0 radical (unpaired) electrons. The number of benzene rings is 2. The van der Waals surface area contributed by atoms with Crippen molar-refractivity contribution in [2.75, 3.05) is 0 Å². The Labute approximate surface area is 202 Å². The van der Waals surface area contributed by atoms with Crippen LogP contribution in [-0.2, 0) is 15.6 Å². The zero-order valence-electron chi connectivity index (χ0n) is 17.7. The molecule has 0 aliphatic rings. The monoisotopic (exact) mass is 511 g/mol. The molecule has 0 bridgehead atoms. The minimum absolute atomic E-state index is 0.0200. The van der Waals surface area contributed by atoms with E-state index in [1.54, 1.807) is 6.07 Å². The molecule has 176 valence electrons. The van der Waals surface area contributed by atoms with Crippen molar-refractivity contribution in [3.63, 3.8) is 0 Å². The molecule has 0 spiro atoms. The van der Waals surface area contributed by atoms with Crippen LogP contribution in [0.15, 0.2) is 92.0 Å². The minimum Gasteiger partial charge on any atom is -0.364 e. The number of hydrogen-bond acceptors (Lipinski definition) is 6. The van der Waals surface area contributed by atoms with E-state index < -0.39 is 26.8 Å². The standard InChI is InChI=1S/C24H15ClFN3O5S/c25-19-12-21(24(31)27-23(19)15-2-1-3-16(26)10-15)29-20-6-5-18(11-14(20)4-7-22(29)30)35(32,33)13-17-8-9-34-28-17/h1-12H,13H2,(H,27,31). The maximum Gasteiger partial charge on any atom is 0.272 e. The van der Waals surface area contributed by atoms with Gasteiger partial charge in [0.25, 0.3) is 11.1 Å². The number of sulfone groups is 1. The molecule has 5 rings (SSSR count). The zero-order valence-corrected chi connectivity index (χ0v) is 19.3. The molecule has 0 aliphatic heterocycles. The van der Waals surface area contributed by atoms with Gasteiger partial charge < -0.3 is 9.51 Å². The molecule has 3 aromatic heterocycles. The third kappa shape index (κ3) is 4.29. The average Bonchev–Trinajstić information content (AvgIpc) is 3.32. The van der Waals surface area contributed by atoms with Gasteiger partial charge in [0.05, 0.1) is 26.8 Å². The van der Waals surface area contributed by atoms with Gasteiger partial charge in [-0.05, 0) is 42.5 Å². The smallest absolute Gasteiger partial charge is 0.272 e. The molecule has 0 saturated heterocycles. The lowest BCUT2D eigenvalue weighted by molar-refractivity contribution is 0.413. The van der Waals surface area contributed by atoms with Gasteiger partial charge in [0, 0.05) is 23.1 Å². The second-order valence-electron chi connectivity index (χ2n) is 7.69. The van der Waals surface area contributed by atoms with Crippen LogP contribution in [0.2, 0.25) is 5.02 Å². The predicted octanol–water partition coefficient (Wildman–Crippen LogP) is 4.10. The summed E-state index contributed by atoms with van der Waals surface area (Å²) in [7, 11) is -3.75. The first-order chi connectivity index (χ1) is 16.7. The van der Waals surface area contributed by atoms with E-state index in [9.17, 15) is 22.4 Å². The number of pyridine rings is 2. The largest absolute Gasteiger partial charge is 0.364 e. The highest BCUT2D eigenvalue weighted by atomic mass is 35.5. The van der Waals surface area contributed by atoms with Crippen molar-refractivity contribution in [1.82, 2.24) is 14.7 Å². The number of H-pyrrole nitrogens is 1. The summed E-state index contributed by atoms with van der Waals surface area (Å²) in [5, 5.41) is 4.15. The Morgan fingerprint density at radius 1 is 1.03 bits per heavy atom. The molecule has 0 atom stereocenters. The minimum atomic E-state index is -3.75. The summed E-state index contributed by atoms with van der Waals surface area (Å²) < 4.78 is 45.1. The highest BCUT2D eigenvalue weighted by Crippen LogP contribution is 2.27. The van der Waals surface area contributed by atoms with Gasteiger partial charge in [-0.1, -0.05) is 28.9 Å². The van der Waals surface area contributed by atoms with Gasteiger partial charge in [0.15, 0.2) is 9.84 Å². The third-order valence-corrected chi connectivity index (χ3v) is 7.33. The van der Waals surface area contributed by atoms with Crippen molar-refractivity contribution >= 4 is 32.3 Å². The molecule has 0 unspecified atom stereocenters. The van der Waals surface area contributed by atoms with Crippen LogP contribution in [0.3, 0.4) is 0 Å². The second kappa shape index (κ2) is 8.64. The van der Waals surface area contributed by atoms with E-state index in [1.165, 1.54) is 66.9 Å². The van der Waals surface area contributed by atoms with Gasteiger partial charge in [-0.2, -0.15) is 0 Å². The van der Waals surface area contributed by atoms with Crippen LogP contribution in [0.25, 0.3) is 27.8 Å². The highest BCUT2D eigenvalue weighted by Gasteiger charge is 2.19. The summed E-state index contributed by atoms with van der Waals surface area (Å²) in [5.74, 6) is -0.853. The van der Waals surface area contributed by atoms with Crippen LogP contribution >= 0.6 is 11.6 Å². The van der Waals surface area contributed by atoms with E-state index in [0.717, 1.165) is 4.57 Å². The molecule has 5 aromatic rings. The maximum atomic E-state index is 13.6. The lowest BCUT2D eigenvalue weighted by atomic mass is 10.1. The van der Waals surface area contributed by atoms with E-state index in [4.69, 9.17) is 16.1 Å². The molecular weight excluding hydrogens is 497 g/mol. The van der Waals surface area contributed by atoms with Crippen LogP contribution in [-0.4, -0.2) is 23.1 Å². The van der Waals surface area contributed by atoms with E-state index in [-0.39, 0.29) is 32.7 Å². The quantitative estimate of drug-likeness (QED) is 0.380. The zero-order chi connectivity index (χ0) is 24.7. The van der Waals surface area contributed by atoms with Crippen molar-refractivity contribution < 1.29 is 17.3 Å². The number of aromatic nitrogens is 3. The molecule has 2 aromatic carbocycles. The lowest BCUT2D eigenvalue weighted by Crippen LogP contribution is -2.25. The first-order valence-electron chi connectivity index (χ1n) is 10.2. The van der Waals surface area contributed by atoms with Crippen LogP contribution in [0.4, 0.5) is 4.39 Å². The van der Waals surface area contributed by atoms with Crippen LogP contribution < -0.4 is 11.1 Å². The van der Waals surface area contributed by atoms with E-state index in [2.05, 4.69) is 10.1 Å². The SMILES string of the molecule is O=c1[nH]c(-c2cccc(F)c2)c(Cl)cc1-n1c(=O)ccc2cc(S(=O)(=O)Cc3ccon3)ccc21. The van der Waals surface area contributed by atoms with Gasteiger partial charge >= 0.3 is 0 Å². The van der Waals surface area contributed by atoms with Gasteiger partial charge in [0.1, 0.15) is 23.5 Å². The third-order valence-electron chi connectivity index (χ3n) is 5.38. The van der Waals surface area contributed by atoms with Gasteiger partial charge in [-0.25, -0.2) is 12.8 Å². The number of rotatable bonds is 5. The predicted molar refractivity (Wildman–Crippen MR) is 128 cm³/mol. The van der Waals surface area contributed by atoms with Crippen molar-refractivity contribution in [1.29, 1.82) is 0 Å². The molecule has 0 aliphatic carbocycles. The summed E-state index contributed by atoms with van der Waals surface area (Å²) in [4.78, 5) is 28.4. The maximum absolute atomic E-state index is 13.6. The van der Waals surface area contributed by atoms with E-state index in [1.807, 2.05) is 0 Å². The molecule has 11 heteroatoms. The summed E-state index contributed by atoms with van der Waals surface area (Å²) >= 11 is 6.39. The van der Waals surface area contributed by atoms with Crippen LogP contribution in [0.5, 0.6) is 0 Å². The average molecular weight is 512 g/mol. The van der Waals surface area contributed by atoms with Gasteiger partial charge in [-0.3, -0.25) is 14.2 Å². The van der Waals surface area contributed by atoms with Crippen molar-refractivity contribution in [2.24, 2.45) is 0 Å². The number of nitrogens with one attached hydrogen (secondary N) is 1. The number of aromatic amines is 1.